The van der Waals surface area contributed by atoms with Crippen molar-refractivity contribution in [2.45, 2.75) is 89.6 Å². The maximum absolute atomic E-state index is 13.5. The van der Waals surface area contributed by atoms with Crippen LogP contribution in [0, 0.1) is 5.92 Å². The number of aromatic nitrogens is 2. The first kappa shape index (κ1) is 39.7. The van der Waals surface area contributed by atoms with Crippen LogP contribution in [0.5, 0.6) is 0 Å². The summed E-state index contributed by atoms with van der Waals surface area (Å²) < 4.78 is 5.65. The summed E-state index contributed by atoms with van der Waals surface area (Å²) in [5.41, 5.74) is 11.2. The predicted molar refractivity (Wildman–Crippen MR) is 222 cm³/mol. The van der Waals surface area contributed by atoms with Gasteiger partial charge in [0, 0.05) is 31.1 Å². The Morgan fingerprint density at radius 2 is 1.60 bits per heavy atom. The van der Waals surface area contributed by atoms with Crippen LogP contribution in [-0.4, -0.2) is 80.1 Å². The number of aromatic amines is 1. The van der Waals surface area contributed by atoms with Crippen LogP contribution in [0.15, 0.2) is 97.2 Å². The van der Waals surface area contributed by atoms with E-state index in [1.54, 1.807) is 0 Å². The summed E-state index contributed by atoms with van der Waals surface area (Å²) in [5.74, 6) is 0.514. The van der Waals surface area contributed by atoms with Gasteiger partial charge in [-0.15, -0.1) is 0 Å². The van der Waals surface area contributed by atoms with E-state index in [9.17, 15) is 19.5 Å². The van der Waals surface area contributed by atoms with E-state index in [0.717, 1.165) is 57.4 Å². The van der Waals surface area contributed by atoms with Crippen LogP contribution in [0.25, 0.3) is 33.2 Å². The van der Waals surface area contributed by atoms with E-state index >= 15 is 0 Å². The SMILES string of the molecule is CC(C)[C@H](N)C(=O)N1CCC[C@H]1c1ncc(-c2ccc3cc(-c4ccc(C(O)CNC(=O)[C@@H]5CC(c6ccccc6)CN5C(=O)OC(C)(C)C)cc4)ccc3c2)[nH]1. The molecule has 3 heterocycles. The second kappa shape index (κ2) is 16.5. The third kappa shape index (κ3) is 8.90. The topological polar surface area (TPSA) is 154 Å². The molecular formula is C46H54N6O5. The maximum Gasteiger partial charge on any atom is 0.410 e. The van der Waals surface area contributed by atoms with E-state index in [2.05, 4.69) is 51.7 Å². The molecule has 2 fully saturated rings. The smallest absolute Gasteiger partial charge is 0.410 e. The number of amides is 3. The summed E-state index contributed by atoms with van der Waals surface area (Å²) in [6.45, 7) is 10.4. The number of hydrogen-bond acceptors (Lipinski definition) is 7. The Labute approximate surface area is 334 Å². The number of carbonyl (C=O) groups is 3. The summed E-state index contributed by atoms with van der Waals surface area (Å²) in [4.78, 5) is 51.3. The van der Waals surface area contributed by atoms with Crippen molar-refractivity contribution in [3.8, 4) is 22.4 Å². The van der Waals surface area contributed by atoms with E-state index in [0.29, 0.717) is 25.1 Å². The summed E-state index contributed by atoms with van der Waals surface area (Å²) >= 11 is 0. The number of hydrogen-bond donors (Lipinski definition) is 4. The molecule has 11 nitrogen and oxygen atoms in total. The van der Waals surface area contributed by atoms with Gasteiger partial charge in [0.15, 0.2) is 0 Å². The second-order valence-corrected chi connectivity index (χ2v) is 16.8. The normalized spacial score (nSPS) is 19.5. The highest BCUT2D eigenvalue weighted by Crippen LogP contribution is 2.35. The van der Waals surface area contributed by atoms with Crippen molar-refractivity contribution in [1.82, 2.24) is 25.1 Å². The number of benzene rings is 4. The minimum Gasteiger partial charge on any atom is -0.444 e. The lowest BCUT2D eigenvalue weighted by molar-refractivity contribution is -0.134. The highest BCUT2D eigenvalue weighted by Gasteiger charge is 2.42. The Morgan fingerprint density at radius 1 is 0.930 bits per heavy atom. The summed E-state index contributed by atoms with van der Waals surface area (Å²) in [5, 5.41) is 16.1. The Bertz CT molecular complexity index is 2210. The van der Waals surface area contributed by atoms with Crippen LogP contribution < -0.4 is 11.1 Å². The largest absolute Gasteiger partial charge is 0.444 e. The first-order chi connectivity index (χ1) is 27.3. The summed E-state index contributed by atoms with van der Waals surface area (Å²) in [7, 11) is 0. The molecule has 5 N–H and O–H groups in total. The van der Waals surface area contributed by atoms with Gasteiger partial charge in [-0.25, -0.2) is 9.78 Å². The van der Waals surface area contributed by atoms with Crippen molar-refractivity contribution in [1.29, 1.82) is 0 Å². The van der Waals surface area contributed by atoms with Gasteiger partial charge < -0.3 is 30.8 Å². The van der Waals surface area contributed by atoms with Gasteiger partial charge >= 0.3 is 6.09 Å². The van der Waals surface area contributed by atoms with E-state index in [1.807, 2.05) is 100 Å². The van der Waals surface area contributed by atoms with Gasteiger partial charge in [0.05, 0.1) is 30.1 Å². The highest BCUT2D eigenvalue weighted by atomic mass is 16.6. The lowest BCUT2D eigenvalue weighted by Gasteiger charge is -2.28. The van der Waals surface area contributed by atoms with Crippen LogP contribution in [0.1, 0.15) is 88.9 Å². The number of carbonyl (C=O) groups excluding carboxylic acids is 3. The Balaban J connectivity index is 0.982. The number of aliphatic hydroxyl groups is 1. The number of nitrogens with one attached hydrogen (secondary N) is 2. The van der Waals surface area contributed by atoms with Crippen molar-refractivity contribution in [2.24, 2.45) is 11.7 Å². The first-order valence-electron chi connectivity index (χ1n) is 20.0. The average molecular weight is 771 g/mol. The van der Waals surface area contributed by atoms with Crippen LogP contribution in [-0.2, 0) is 14.3 Å². The average Bonchev–Trinajstić information content (AvgIpc) is 3.99. The zero-order chi connectivity index (χ0) is 40.4. The lowest BCUT2D eigenvalue weighted by Crippen LogP contribution is -2.48. The maximum atomic E-state index is 13.5. The van der Waals surface area contributed by atoms with E-state index in [4.69, 9.17) is 10.5 Å². The van der Waals surface area contributed by atoms with Gasteiger partial charge in [-0.05, 0) is 91.1 Å². The Hall–Kier alpha value is -5.52. The molecule has 2 unspecified atom stereocenters. The molecule has 7 rings (SSSR count). The third-order valence-corrected chi connectivity index (χ3v) is 11.2. The molecule has 0 saturated carbocycles. The molecule has 5 aromatic rings. The second-order valence-electron chi connectivity index (χ2n) is 16.8. The molecule has 1 aromatic heterocycles. The van der Waals surface area contributed by atoms with Gasteiger partial charge in [0.2, 0.25) is 11.8 Å². The fourth-order valence-corrected chi connectivity index (χ4v) is 7.94. The van der Waals surface area contributed by atoms with Crippen LogP contribution in [0.3, 0.4) is 0 Å². The molecular weight excluding hydrogens is 717 g/mol. The number of aliphatic hydroxyl groups excluding tert-OH is 1. The lowest BCUT2D eigenvalue weighted by atomic mass is 9.96. The van der Waals surface area contributed by atoms with Crippen molar-refractivity contribution in [3.63, 3.8) is 0 Å². The molecule has 0 aliphatic carbocycles. The van der Waals surface area contributed by atoms with Gasteiger partial charge in [0.1, 0.15) is 17.5 Å². The Morgan fingerprint density at radius 3 is 2.28 bits per heavy atom. The molecule has 3 amide bonds. The number of ether oxygens (including phenoxy) is 1. The molecule has 0 radical (unpaired) electrons. The van der Waals surface area contributed by atoms with Gasteiger partial charge in [-0.2, -0.15) is 0 Å². The van der Waals surface area contributed by atoms with E-state index in [-0.39, 0.29) is 36.2 Å². The predicted octanol–water partition coefficient (Wildman–Crippen LogP) is 7.49. The standard InChI is InChI=1S/C46H54N6O5/c1-28(2)41(47)44(55)51-21-9-12-38(51)42-48-25-37(50-42)35-20-19-33-22-32(17-18-34(33)23-35)30-13-15-31(16-14-30)40(53)26-49-43(54)39-24-36(29-10-7-6-8-11-29)27-52(39)45(56)57-46(3,4)5/h6-8,10-11,13-20,22-23,25,28,36,38-41,53H,9,12,21,24,26-27,47H2,1-5H3,(H,48,50)(H,49,54)/t36?,38-,39-,40?,41-/m0/s1. The number of nitrogens with zero attached hydrogens (tertiary/aromatic N) is 3. The van der Waals surface area contributed by atoms with Crippen LogP contribution in [0.2, 0.25) is 0 Å². The van der Waals surface area contributed by atoms with Gasteiger partial charge in [-0.3, -0.25) is 14.5 Å². The van der Waals surface area contributed by atoms with Crippen molar-refractivity contribution < 1.29 is 24.2 Å². The molecule has 2 saturated heterocycles. The van der Waals surface area contributed by atoms with Gasteiger partial charge in [-0.1, -0.05) is 92.7 Å². The zero-order valence-electron chi connectivity index (χ0n) is 33.4. The number of H-pyrrole nitrogens is 1. The van der Waals surface area contributed by atoms with E-state index < -0.39 is 29.9 Å². The molecule has 11 heteroatoms. The number of imidazole rings is 1. The molecule has 0 spiro atoms. The molecule has 298 valence electrons. The minimum absolute atomic E-state index is 0.00397. The molecule has 2 aliphatic heterocycles. The molecule has 5 atom stereocenters. The third-order valence-electron chi connectivity index (χ3n) is 11.2. The van der Waals surface area contributed by atoms with Crippen molar-refractivity contribution in [3.05, 3.63) is 114 Å². The minimum atomic E-state index is -0.933. The fourth-order valence-electron chi connectivity index (χ4n) is 7.94. The quantitative estimate of drug-likeness (QED) is 0.115. The molecule has 4 aromatic carbocycles. The number of nitrogens with two attached hydrogens (primary N) is 1. The highest BCUT2D eigenvalue weighted by molar-refractivity contribution is 5.90. The first-order valence-corrected chi connectivity index (χ1v) is 20.0. The summed E-state index contributed by atoms with van der Waals surface area (Å²) in [6, 6.07) is 28.9. The van der Waals surface area contributed by atoms with Crippen LogP contribution >= 0.6 is 0 Å². The van der Waals surface area contributed by atoms with Crippen molar-refractivity contribution in [2.75, 3.05) is 19.6 Å². The van der Waals surface area contributed by atoms with Gasteiger partial charge in [0.25, 0.3) is 0 Å². The number of likely N-dealkylation sites (tertiary alicyclic amines) is 2. The summed E-state index contributed by atoms with van der Waals surface area (Å²) in [6.07, 6.45) is 2.63. The molecule has 2 aliphatic rings. The number of fused-ring (bicyclic) bond motifs is 1. The fraction of sp³-hybridized carbons (Fsp3) is 0.391. The molecule has 57 heavy (non-hydrogen) atoms. The zero-order valence-corrected chi connectivity index (χ0v) is 33.4. The monoisotopic (exact) mass is 770 g/mol. The molecule has 0 bridgehead atoms. The van der Waals surface area contributed by atoms with Crippen molar-refractivity contribution >= 4 is 28.7 Å². The van der Waals surface area contributed by atoms with Crippen LogP contribution in [0.4, 0.5) is 4.79 Å². The number of rotatable bonds is 10. The van der Waals surface area contributed by atoms with E-state index in [1.165, 1.54) is 4.90 Å². The Kier molecular flexibility index (Phi) is 11.5.